The quantitative estimate of drug-likeness (QED) is 0.172. The fraction of sp³-hybridized carbons (Fsp3) is 0.294. The third kappa shape index (κ3) is 5.59. The molecule has 6 heteroatoms. The minimum absolute atomic E-state index is 0.00128. The van der Waals surface area contributed by atoms with Gasteiger partial charge in [-0.25, -0.2) is 0 Å². The van der Waals surface area contributed by atoms with Crippen molar-refractivity contribution in [1.82, 2.24) is 18.7 Å². The summed E-state index contributed by atoms with van der Waals surface area (Å²) in [5.74, 6) is 2.47. The number of ether oxygens (including phenoxy) is 1. The molecule has 57 heavy (non-hydrogen) atoms. The Bertz CT molecular complexity index is 2980. The van der Waals surface area contributed by atoms with Gasteiger partial charge in [0.15, 0.2) is 0 Å². The Morgan fingerprint density at radius 1 is 0.596 bits per heavy atom. The summed E-state index contributed by atoms with van der Waals surface area (Å²) in [6, 6.07) is 39.7. The number of nitrogens with zero attached hydrogens (tertiary/aromatic N) is 4. The predicted octanol–water partition coefficient (Wildman–Crippen LogP) is 13.3. The van der Waals surface area contributed by atoms with Gasteiger partial charge in [-0.1, -0.05) is 47.6 Å². The van der Waals surface area contributed by atoms with Crippen molar-refractivity contribution in [1.29, 1.82) is 0 Å². The number of rotatable bonds is 5. The molecule has 0 atom stereocenters. The van der Waals surface area contributed by atoms with E-state index >= 15 is 0 Å². The van der Waals surface area contributed by atoms with Crippen LogP contribution in [-0.4, -0.2) is 18.7 Å². The molecule has 5 nitrogen and oxygen atoms in total. The van der Waals surface area contributed by atoms with Crippen molar-refractivity contribution in [3.63, 3.8) is 0 Å². The van der Waals surface area contributed by atoms with Gasteiger partial charge < -0.3 is 0 Å². The van der Waals surface area contributed by atoms with E-state index in [2.05, 4.69) is 218 Å². The number of imidazole rings is 1. The molecular formula is C51H52N4OPt. The van der Waals surface area contributed by atoms with Crippen LogP contribution in [-0.2, 0) is 35.6 Å². The van der Waals surface area contributed by atoms with E-state index in [4.69, 9.17) is 9.72 Å². The van der Waals surface area contributed by atoms with E-state index in [1.807, 2.05) is 6.20 Å². The monoisotopic (exact) mass is 931 g/mol. The standard InChI is InChI=1S/C51H52N4O.Pt/c1-32-15-18-35(19-16-32)53-31-54(41-23-17-34(28-44(41)53)48(3,4)5)36-13-12-14-37(29-36)56-38-20-21-39-43(30-38)55(45-27-33(2)25-26-52-45)42-24-22-40-47(46(39)42)50(8,9)51(10,11)49(40,6)7;/h12-30H,1-11H3;. The topological polar surface area (TPSA) is 36.9 Å². The zero-order valence-electron chi connectivity index (χ0n) is 35.0. The zero-order chi connectivity index (χ0) is 40.4. The number of hydrogen-bond acceptors (Lipinski definition) is 2. The van der Waals surface area contributed by atoms with Crippen molar-refractivity contribution in [2.45, 2.75) is 92.4 Å². The molecule has 0 radical (unpaired) electrons. The average molecular weight is 932 g/mol. The maximum absolute atomic E-state index is 6.82. The summed E-state index contributed by atoms with van der Waals surface area (Å²) in [4.78, 5) is 4.92. The third-order valence-electron chi connectivity index (χ3n) is 13.7. The summed E-state index contributed by atoms with van der Waals surface area (Å²) in [5, 5.41) is 2.53. The number of fused-ring (bicyclic) bond motifs is 6. The van der Waals surface area contributed by atoms with Gasteiger partial charge in [0.1, 0.15) is 0 Å². The molecule has 0 amide bonds. The molecule has 3 aromatic heterocycles. The van der Waals surface area contributed by atoms with Gasteiger partial charge in [-0.15, -0.1) is 0 Å². The summed E-state index contributed by atoms with van der Waals surface area (Å²) in [7, 11) is 0. The van der Waals surface area contributed by atoms with Crippen LogP contribution in [0.5, 0.6) is 11.5 Å². The molecule has 3 heterocycles. The molecular weight excluding hydrogens is 880 g/mol. The van der Waals surface area contributed by atoms with Gasteiger partial charge in [0.05, 0.1) is 0 Å². The fourth-order valence-corrected chi connectivity index (χ4v) is 10.4. The van der Waals surface area contributed by atoms with Crippen LogP contribution in [0.2, 0.25) is 0 Å². The first kappa shape index (κ1) is 37.6. The number of aryl methyl sites for hydroxylation is 2. The van der Waals surface area contributed by atoms with Crippen LogP contribution in [0.4, 0.5) is 0 Å². The van der Waals surface area contributed by atoms with Gasteiger partial charge in [0.2, 0.25) is 0 Å². The Labute approximate surface area is 347 Å². The van der Waals surface area contributed by atoms with Crippen molar-refractivity contribution in [3.8, 4) is 28.7 Å². The second-order valence-corrected chi connectivity index (χ2v) is 19.8. The second-order valence-electron chi connectivity index (χ2n) is 18.8. The number of benzene rings is 5. The molecule has 0 N–H and O–H groups in total. The first-order chi connectivity index (χ1) is 26.9. The Kier molecular flexibility index (Phi) is 8.41. The van der Waals surface area contributed by atoms with Crippen LogP contribution < -0.4 is 4.74 Å². The van der Waals surface area contributed by atoms with Crippen LogP contribution in [0.1, 0.15) is 90.1 Å². The predicted molar refractivity (Wildman–Crippen MR) is 233 cm³/mol. The first-order valence-electron chi connectivity index (χ1n) is 20.0. The van der Waals surface area contributed by atoms with E-state index < -0.39 is 0 Å². The van der Waals surface area contributed by atoms with E-state index in [9.17, 15) is 0 Å². The summed E-state index contributed by atoms with van der Waals surface area (Å²) in [5.41, 5.74) is 13.4. The van der Waals surface area contributed by atoms with E-state index in [1.165, 1.54) is 49.6 Å². The van der Waals surface area contributed by atoms with Crippen molar-refractivity contribution in [2.75, 3.05) is 0 Å². The summed E-state index contributed by atoms with van der Waals surface area (Å²) in [6.45, 7) is 25.6. The van der Waals surface area contributed by atoms with Crippen molar-refractivity contribution < 1.29 is 24.1 Å². The summed E-state index contributed by atoms with van der Waals surface area (Å²) < 4.78 is 15.0. The van der Waals surface area contributed by atoms with Gasteiger partial charge in [0, 0.05) is 6.20 Å². The van der Waals surface area contributed by atoms with E-state index in [-0.39, 0.29) is 21.7 Å². The molecule has 0 saturated carbocycles. The van der Waals surface area contributed by atoms with Crippen LogP contribution in [0, 0.1) is 23.1 Å². The van der Waals surface area contributed by atoms with Gasteiger partial charge in [-0.3, -0.25) is 0 Å². The summed E-state index contributed by atoms with van der Waals surface area (Å²) >= 11 is 2.48. The first-order valence-corrected chi connectivity index (χ1v) is 21.2. The van der Waals surface area contributed by atoms with Gasteiger partial charge in [0.25, 0.3) is 0 Å². The molecule has 0 fully saturated rings. The Morgan fingerprint density at radius 3 is 2.02 bits per heavy atom. The minimum atomic E-state index is -0.0633. The molecule has 0 aliphatic heterocycles. The van der Waals surface area contributed by atoms with E-state index in [1.54, 1.807) is 0 Å². The molecule has 9 rings (SSSR count). The van der Waals surface area contributed by atoms with Gasteiger partial charge in [-0.2, -0.15) is 0 Å². The molecule has 0 bridgehead atoms. The molecule has 8 aromatic rings. The SMILES string of the molecule is Cc1ccc(-n2[c](=[Pt])n(-c3cccc(Oc4ccc5c6c7c(ccc6n(-c6cc(C)ccn6)c5c4)C(C)(C)C(C)(C)C7(C)C)c3)c3ccc(C(C)(C)C)cc32)cc1. The van der Waals surface area contributed by atoms with Crippen molar-refractivity contribution in [3.05, 3.63) is 147 Å². The van der Waals surface area contributed by atoms with E-state index in [0.29, 0.717) is 0 Å². The van der Waals surface area contributed by atoms with Crippen LogP contribution in [0.3, 0.4) is 0 Å². The molecule has 1 aliphatic rings. The van der Waals surface area contributed by atoms with Crippen LogP contribution in [0.25, 0.3) is 50.0 Å². The Morgan fingerprint density at radius 2 is 1.30 bits per heavy atom. The number of aromatic nitrogens is 4. The average Bonchev–Trinajstić information content (AvgIpc) is 3.67. The normalized spacial score (nSPS) is 15.8. The second kappa shape index (κ2) is 12.8. The molecule has 1 aliphatic carbocycles. The maximum atomic E-state index is 6.82. The zero-order valence-corrected chi connectivity index (χ0v) is 37.3. The van der Waals surface area contributed by atoms with Gasteiger partial charge >= 0.3 is 255 Å². The summed E-state index contributed by atoms with van der Waals surface area (Å²) in [6.07, 6.45) is 1.91. The fourth-order valence-electron chi connectivity index (χ4n) is 9.27. The molecule has 5 aromatic carbocycles. The third-order valence-corrected chi connectivity index (χ3v) is 14.7. The molecule has 0 saturated heterocycles. The van der Waals surface area contributed by atoms with E-state index in [0.717, 1.165) is 43.5 Å². The van der Waals surface area contributed by atoms with Crippen LogP contribution in [0.15, 0.2) is 115 Å². The number of hydrogen-bond donors (Lipinski definition) is 0. The van der Waals surface area contributed by atoms with Crippen molar-refractivity contribution in [2.24, 2.45) is 5.41 Å². The van der Waals surface area contributed by atoms with Crippen LogP contribution >= 0.6 is 0 Å². The number of pyridine rings is 1. The van der Waals surface area contributed by atoms with Crippen molar-refractivity contribution >= 4 is 32.8 Å². The Hall–Kier alpha value is -4.99. The molecule has 292 valence electrons. The molecule has 0 spiro atoms. The molecule has 0 unspecified atom stereocenters. The Balaban J connectivity index is 1.20. The van der Waals surface area contributed by atoms with Gasteiger partial charge in [-0.05, 0) is 40.4 Å².